The molecule has 0 saturated heterocycles. The van der Waals surface area contributed by atoms with Gasteiger partial charge in [0.15, 0.2) is 16.7 Å². The molecule has 3 heterocycles. The summed E-state index contributed by atoms with van der Waals surface area (Å²) in [6.07, 6.45) is 2.01. The van der Waals surface area contributed by atoms with Crippen LogP contribution >= 0.6 is 11.8 Å². The molecule has 0 saturated carbocycles. The molecule has 0 atom stereocenters. The summed E-state index contributed by atoms with van der Waals surface area (Å²) in [5.74, 6) is 1.58. The number of para-hydroxylation sites is 1. The first-order chi connectivity index (χ1) is 12.9. The summed E-state index contributed by atoms with van der Waals surface area (Å²) < 4.78 is 10.7. The Bertz CT molecular complexity index is 1040. The van der Waals surface area contributed by atoms with Crippen LogP contribution in [0.15, 0.2) is 59.1 Å². The van der Waals surface area contributed by atoms with E-state index in [1.54, 1.807) is 11.8 Å². The summed E-state index contributed by atoms with van der Waals surface area (Å²) in [6.45, 7) is 0.861. The second-order valence-corrected chi connectivity index (χ2v) is 6.81. The van der Waals surface area contributed by atoms with Gasteiger partial charge in [-0.3, -0.25) is 15.8 Å². The number of nitrogens with zero attached hydrogens (tertiary/aromatic N) is 1. The Hall–Kier alpha value is -3.06. The van der Waals surface area contributed by atoms with Crippen LogP contribution in [0.25, 0.3) is 16.6 Å². The molecule has 0 unspecified atom stereocenters. The summed E-state index contributed by atoms with van der Waals surface area (Å²) >= 11 is 1.57. The molecule has 1 aromatic heterocycles. The van der Waals surface area contributed by atoms with Crippen molar-refractivity contribution in [3.63, 3.8) is 0 Å². The van der Waals surface area contributed by atoms with Crippen molar-refractivity contribution in [2.45, 2.75) is 6.54 Å². The predicted molar refractivity (Wildman–Crippen MR) is 104 cm³/mol. The highest BCUT2D eigenvalue weighted by atomic mass is 32.2. The molecule has 7 heteroatoms. The Balaban J connectivity index is 1.31. The van der Waals surface area contributed by atoms with Gasteiger partial charge in [0.25, 0.3) is 0 Å². The van der Waals surface area contributed by atoms with Crippen molar-refractivity contribution < 1.29 is 9.47 Å². The largest absolute Gasteiger partial charge is 0.454 e. The van der Waals surface area contributed by atoms with Gasteiger partial charge in [0, 0.05) is 28.1 Å². The lowest BCUT2D eigenvalue weighted by Gasteiger charge is -2.18. The number of aromatic nitrogens is 1. The minimum absolute atomic E-state index is 0.288. The van der Waals surface area contributed by atoms with Crippen LogP contribution in [0, 0.1) is 0 Å². The number of H-pyrrole nitrogens is 1. The van der Waals surface area contributed by atoms with E-state index in [9.17, 15) is 0 Å². The highest BCUT2D eigenvalue weighted by Crippen LogP contribution is 2.33. The lowest BCUT2D eigenvalue weighted by Crippen LogP contribution is -2.36. The number of benzene rings is 2. The van der Waals surface area contributed by atoms with Gasteiger partial charge in [-0.2, -0.15) is 0 Å². The number of nitrogens with one attached hydrogen (secondary N) is 3. The average Bonchev–Trinajstić information content (AvgIpc) is 3.33. The number of aliphatic imine (C=N–C) groups is 1. The molecule has 0 aliphatic carbocycles. The number of hydrogen-bond acceptors (Lipinski definition) is 5. The Labute approximate surface area is 154 Å². The molecule has 3 aromatic rings. The smallest absolute Gasteiger partial charge is 0.231 e. The quantitative estimate of drug-likeness (QED) is 0.662. The lowest BCUT2D eigenvalue weighted by molar-refractivity contribution is 0.174. The topological polar surface area (TPSA) is 70.7 Å². The van der Waals surface area contributed by atoms with Gasteiger partial charge in [-0.1, -0.05) is 36.0 Å². The van der Waals surface area contributed by atoms with Gasteiger partial charge in [-0.05, 0) is 23.8 Å². The minimum atomic E-state index is 0.288. The van der Waals surface area contributed by atoms with Crippen molar-refractivity contribution in [1.82, 2.24) is 15.8 Å². The van der Waals surface area contributed by atoms with Crippen LogP contribution in [0.4, 0.5) is 0 Å². The van der Waals surface area contributed by atoms with Gasteiger partial charge in [0.1, 0.15) is 0 Å². The second kappa shape index (κ2) is 6.34. The van der Waals surface area contributed by atoms with Crippen LogP contribution in [-0.4, -0.2) is 16.9 Å². The van der Waals surface area contributed by atoms with Crippen LogP contribution in [0.3, 0.4) is 0 Å². The van der Waals surface area contributed by atoms with Gasteiger partial charge in [0.05, 0.1) is 12.2 Å². The van der Waals surface area contributed by atoms with Crippen LogP contribution in [-0.2, 0) is 6.54 Å². The average molecular weight is 364 g/mol. The zero-order valence-electron chi connectivity index (χ0n) is 13.8. The second-order valence-electron chi connectivity index (χ2n) is 5.96. The highest BCUT2D eigenvalue weighted by molar-refractivity contribution is 8.16. The van der Waals surface area contributed by atoms with Crippen LogP contribution in [0.1, 0.15) is 11.1 Å². The molecule has 2 aliphatic rings. The highest BCUT2D eigenvalue weighted by Gasteiger charge is 2.15. The van der Waals surface area contributed by atoms with E-state index in [0.29, 0.717) is 6.54 Å². The number of ether oxygens (including phenoxy) is 2. The van der Waals surface area contributed by atoms with E-state index >= 15 is 0 Å². The number of aromatic amines is 1. The van der Waals surface area contributed by atoms with Crippen molar-refractivity contribution in [3.8, 4) is 11.5 Å². The summed E-state index contributed by atoms with van der Waals surface area (Å²) in [4.78, 5) is 7.91. The van der Waals surface area contributed by atoms with E-state index in [4.69, 9.17) is 9.47 Å². The molecule has 2 aromatic carbocycles. The van der Waals surface area contributed by atoms with E-state index in [-0.39, 0.29) is 6.79 Å². The van der Waals surface area contributed by atoms with E-state index in [2.05, 4.69) is 38.4 Å². The fourth-order valence-corrected chi connectivity index (χ4v) is 3.66. The molecule has 0 radical (unpaired) electrons. The number of fused-ring (bicyclic) bond motifs is 2. The predicted octanol–water partition coefficient (Wildman–Crippen LogP) is 3.59. The Morgan fingerprint density at radius 3 is 2.88 bits per heavy atom. The minimum Gasteiger partial charge on any atom is -0.454 e. The lowest BCUT2D eigenvalue weighted by atomic mass is 10.1. The molecule has 5 rings (SSSR count). The molecule has 3 N–H and O–H groups in total. The van der Waals surface area contributed by atoms with Crippen LogP contribution in [0.2, 0.25) is 0 Å². The molecule has 6 nitrogen and oxygen atoms in total. The van der Waals surface area contributed by atoms with E-state index < -0.39 is 0 Å². The molecule has 0 fully saturated rings. The maximum absolute atomic E-state index is 5.41. The first-order valence-electron chi connectivity index (χ1n) is 8.25. The molecule has 26 heavy (non-hydrogen) atoms. The number of amidine groups is 1. The zero-order valence-corrected chi connectivity index (χ0v) is 14.6. The summed E-state index contributed by atoms with van der Waals surface area (Å²) in [6, 6.07) is 14.2. The number of thioether (sulfide) groups is 1. The first kappa shape index (κ1) is 15.2. The third kappa shape index (κ3) is 2.76. The Morgan fingerprint density at radius 1 is 1.04 bits per heavy atom. The molecule has 0 spiro atoms. The molecule has 0 bridgehead atoms. The van der Waals surface area contributed by atoms with E-state index in [0.717, 1.165) is 39.0 Å². The number of hydrazine groups is 1. The van der Waals surface area contributed by atoms with E-state index in [1.807, 2.05) is 36.5 Å². The summed E-state index contributed by atoms with van der Waals surface area (Å²) in [7, 11) is 0. The van der Waals surface area contributed by atoms with Crippen molar-refractivity contribution in [1.29, 1.82) is 0 Å². The fourth-order valence-electron chi connectivity index (χ4n) is 3.00. The van der Waals surface area contributed by atoms with Gasteiger partial charge in [-0.25, -0.2) is 0 Å². The van der Waals surface area contributed by atoms with Crippen molar-refractivity contribution in [2.75, 3.05) is 6.79 Å². The van der Waals surface area contributed by atoms with Crippen molar-refractivity contribution in [3.05, 3.63) is 65.2 Å². The Morgan fingerprint density at radius 2 is 1.96 bits per heavy atom. The first-order valence-corrected chi connectivity index (χ1v) is 9.13. The molecular formula is C19H16N4O2S. The van der Waals surface area contributed by atoms with Gasteiger partial charge >= 0.3 is 0 Å². The normalized spacial score (nSPS) is 17.1. The maximum atomic E-state index is 5.41. The van der Waals surface area contributed by atoms with E-state index in [1.165, 1.54) is 5.39 Å². The van der Waals surface area contributed by atoms with Gasteiger partial charge < -0.3 is 14.5 Å². The third-order valence-electron chi connectivity index (χ3n) is 4.31. The van der Waals surface area contributed by atoms with Crippen LogP contribution < -0.4 is 20.3 Å². The molecular weight excluding hydrogens is 348 g/mol. The van der Waals surface area contributed by atoms with Gasteiger partial charge in [-0.15, -0.1) is 0 Å². The monoisotopic (exact) mass is 364 g/mol. The zero-order chi connectivity index (χ0) is 17.3. The molecule has 0 amide bonds. The maximum Gasteiger partial charge on any atom is 0.231 e. The fraction of sp³-hybridized carbons (Fsp3) is 0.105. The SMILES string of the molecule is C1=C(c2c[nH]c3ccccc23)NNC(=NCc2ccc3c(c2)OCO3)S1. The molecule has 2 aliphatic heterocycles. The standard InChI is InChI=1S/C19H16N4O2S/c1-2-4-15-13(3-1)14(9-20-15)16-10-26-19(23-22-16)21-8-12-5-6-17-18(7-12)25-11-24-17/h1-7,9-10,20,22H,8,11H2,(H,21,23). The summed E-state index contributed by atoms with van der Waals surface area (Å²) in [5, 5.41) is 4.09. The van der Waals surface area contributed by atoms with Crippen molar-refractivity contribution >= 4 is 33.5 Å². The summed E-state index contributed by atoms with van der Waals surface area (Å²) in [5.41, 5.74) is 10.8. The Kier molecular flexibility index (Phi) is 3.71. The third-order valence-corrected chi connectivity index (χ3v) is 5.12. The van der Waals surface area contributed by atoms with Crippen LogP contribution in [0.5, 0.6) is 11.5 Å². The van der Waals surface area contributed by atoms with Gasteiger partial charge in [0.2, 0.25) is 6.79 Å². The number of hydrogen-bond donors (Lipinski definition) is 3. The molecule has 130 valence electrons. The van der Waals surface area contributed by atoms with Crippen molar-refractivity contribution in [2.24, 2.45) is 4.99 Å². The number of rotatable bonds is 3.